The highest BCUT2D eigenvalue weighted by atomic mass is 32.2. The van der Waals surface area contributed by atoms with Gasteiger partial charge in [0.05, 0.1) is 0 Å². The minimum Gasteiger partial charge on any atom is -0.393 e. The van der Waals surface area contributed by atoms with Gasteiger partial charge in [-0.3, -0.25) is 0 Å². The second kappa shape index (κ2) is 3.53. The van der Waals surface area contributed by atoms with Crippen LogP contribution in [0.1, 0.15) is 0 Å². The highest BCUT2D eigenvalue weighted by Crippen LogP contribution is 2.05. The number of hydrogen-bond donors (Lipinski definition) is 2. The van der Waals surface area contributed by atoms with Crippen molar-refractivity contribution >= 4 is 10.2 Å². The average Bonchev–Trinajstić information content (AvgIpc) is 2.02. The first-order chi connectivity index (χ1) is 5.58. The maximum atomic E-state index is 10.3. The molecule has 1 radical (unpaired) electrons. The maximum absolute atomic E-state index is 10.3. The summed E-state index contributed by atoms with van der Waals surface area (Å²) in [5.74, 6) is 0.350. The molecule has 0 bridgehead atoms. The van der Waals surface area contributed by atoms with Gasteiger partial charge in [-0.25, -0.2) is 5.14 Å². The normalized spacial score (nSPS) is 11.1. The van der Waals surface area contributed by atoms with Crippen LogP contribution in [0.4, 0.5) is 0 Å². The van der Waals surface area contributed by atoms with Gasteiger partial charge in [0.1, 0.15) is 5.75 Å². The van der Waals surface area contributed by atoms with E-state index in [1.807, 2.05) is 0 Å². The first kappa shape index (κ1) is 8.98. The number of nitrogens with one attached hydrogen (secondary N) is 1. The fourth-order valence-electron chi connectivity index (χ4n) is 0.546. The lowest BCUT2D eigenvalue weighted by Crippen LogP contribution is -2.33. The molecule has 0 aliphatic heterocycles. The third kappa shape index (κ3) is 3.33. The van der Waals surface area contributed by atoms with E-state index in [2.05, 4.69) is 16.0 Å². The van der Waals surface area contributed by atoms with E-state index in [0.717, 1.165) is 0 Å². The van der Waals surface area contributed by atoms with E-state index in [1.165, 1.54) is 12.1 Å². The highest BCUT2D eigenvalue weighted by Gasteiger charge is 2.00. The van der Waals surface area contributed by atoms with Crippen molar-refractivity contribution in [1.29, 1.82) is 0 Å². The Morgan fingerprint density at radius 2 is 2.00 bits per heavy atom. The largest absolute Gasteiger partial charge is 0.393 e. The maximum Gasteiger partial charge on any atom is 0.305 e. The molecule has 0 aliphatic rings. The van der Waals surface area contributed by atoms with Crippen LogP contribution in [0.25, 0.3) is 0 Å². The van der Waals surface area contributed by atoms with Crippen LogP contribution in [0.2, 0.25) is 0 Å². The third-order valence-electron chi connectivity index (χ3n) is 0.963. The van der Waals surface area contributed by atoms with Crippen LogP contribution >= 0.6 is 0 Å². The summed E-state index contributed by atoms with van der Waals surface area (Å²) >= 11 is 0. The van der Waals surface area contributed by atoms with Crippen molar-refractivity contribution < 1.29 is 13.3 Å². The van der Waals surface area contributed by atoms with E-state index in [4.69, 9.17) is 0 Å². The van der Waals surface area contributed by atoms with Crippen LogP contribution in [-0.2, 0) is 10.2 Å². The van der Waals surface area contributed by atoms with Crippen molar-refractivity contribution in [3.63, 3.8) is 0 Å². The molecule has 1 rings (SSSR count). The zero-order chi connectivity index (χ0) is 9.03. The molecule has 1 aromatic carbocycles. The molecule has 0 unspecified atom stereocenters. The zero-order valence-corrected chi connectivity index (χ0v) is 6.84. The number of rotatable bonds is 3. The Balaban J connectivity index is 2.56. The smallest absolute Gasteiger partial charge is 0.305 e. The molecule has 0 saturated carbocycles. The molecule has 0 heterocycles. The van der Waals surface area contributed by atoms with E-state index >= 15 is 0 Å². The zero-order valence-electron chi connectivity index (χ0n) is 6.02. The second-order valence-electron chi connectivity index (χ2n) is 1.97. The molecule has 1 aromatic rings. The molecule has 0 fully saturated rings. The third-order valence-corrected chi connectivity index (χ3v) is 1.28. The molecule has 6 heteroatoms. The quantitative estimate of drug-likeness (QED) is 0.630. The van der Waals surface area contributed by atoms with Gasteiger partial charge in [0.25, 0.3) is 0 Å². The van der Waals surface area contributed by atoms with Crippen LogP contribution in [-0.4, -0.2) is 8.42 Å². The molecule has 0 atom stereocenters. The van der Waals surface area contributed by atoms with Crippen LogP contribution < -0.4 is 14.9 Å². The van der Waals surface area contributed by atoms with E-state index in [9.17, 15) is 8.42 Å². The summed E-state index contributed by atoms with van der Waals surface area (Å²) in [6.07, 6.45) is 0. The summed E-state index contributed by atoms with van der Waals surface area (Å²) in [5.41, 5.74) is 0. The molecule has 65 valence electrons. The van der Waals surface area contributed by atoms with Gasteiger partial charge >= 0.3 is 10.2 Å². The summed E-state index contributed by atoms with van der Waals surface area (Å²) in [6.45, 7) is 0. The van der Waals surface area contributed by atoms with E-state index < -0.39 is 10.2 Å². The van der Waals surface area contributed by atoms with Crippen molar-refractivity contribution in [3.8, 4) is 5.75 Å². The number of hydrogen-bond acceptors (Lipinski definition) is 3. The minimum absolute atomic E-state index is 0.350. The SMILES string of the molecule is NS(=O)(=O)NOc1cc[c]cc1. The van der Waals surface area contributed by atoms with E-state index in [1.54, 1.807) is 17.0 Å². The fraction of sp³-hybridized carbons (Fsp3) is 0. The van der Waals surface area contributed by atoms with Gasteiger partial charge in [-0.15, -0.1) is 0 Å². The number of benzene rings is 1. The van der Waals surface area contributed by atoms with Gasteiger partial charge in [-0.1, -0.05) is 12.1 Å². The Morgan fingerprint density at radius 1 is 1.42 bits per heavy atom. The Morgan fingerprint density at radius 3 is 2.50 bits per heavy atom. The summed E-state index contributed by atoms with van der Waals surface area (Å²) in [4.78, 5) is 6.26. The first-order valence-electron chi connectivity index (χ1n) is 3.00. The van der Waals surface area contributed by atoms with Crippen LogP contribution in [0.15, 0.2) is 24.3 Å². The topological polar surface area (TPSA) is 81.4 Å². The molecular weight excluding hydrogens is 180 g/mol. The van der Waals surface area contributed by atoms with Crippen molar-refractivity contribution in [3.05, 3.63) is 30.3 Å². The predicted octanol–water partition coefficient (Wildman–Crippen LogP) is -0.426. The molecule has 0 aromatic heterocycles. The van der Waals surface area contributed by atoms with Gasteiger partial charge in [0.15, 0.2) is 0 Å². The van der Waals surface area contributed by atoms with Crippen molar-refractivity contribution in [2.45, 2.75) is 0 Å². The van der Waals surface area contributed by atoms with Gasteiger partial charge < -0.3 is 4.84 Å². The fourth-order valence-corrected chi connectivity index (χ4v) is 0.758. The van der Waals surface area contributed by atoms with Crippen LogP contribution in [0.5, 0.6) is 5.75 Å². The Hall–Kier alpha value is -1.11. The summed E-state index contributed by atoms with van der Waals surface area (Å²) in [5, 5.41) is 4.61. The Bertz CT molecular complexity index is 335. The van der Waals surface area contributed by atoms with Gasteiger partial charge in [0, 0.05) is 0 Å². The Labute approximate surface area is 70.3 Å². The molecule has 12 heavy (non-hydrogen) atoms. The predicted molar refractivity (Wildman–Crippen MR) is 42.1 cm³/mol. The van der Waals surface area contributed by atoms with Crippen molar-refractivity contribution in [2.24, 2.45) is 5.14 Å². The summed E-state index contributed by atoms with van der Waals surface area (Å²) in [7, 11) is -3.80. The first-order valence-corrected chi connectivity index (χ1v) is 4.55. The van der Waals surface area contributed by atoms with Crippen molar-refractivity contribution in [2.75, 3.05) is 0 Å². The lowest BCUT2D eigenvalue weighted by Gasteiger charge is -2.02. The van der Waals surface area contributed by atoms with Gasteiger partial charge in [-0.2, -0.15) is 8.42 Å². The lowest BCUT2D eigenvalue weighted by molar-refractivity contribution is 0.269. The van der Waals surface area contributed by atoms with Crippen LogP contribution in [0, 0.1) is 6.07 Å². The highest BCUT2D eigenvalue weighted by molar-refractivity contribution is 7.87. The number of nitrogens with two attached hydrogens (primary N) is 1. The Kier molecular flexibility index (Phi) is 2.64. The van der Waals surface area contributed by atoms with Crippen molar-refractivity contribution in [1.82, 2.24) is 4.89 Å². The second-order valence-corrected chi connectivity index (χ2v) is 3.22. The minimum atomic E-state index is -3.80. The monoisotopic (exact) mass is 187 g/mol. The van der Waals surface area contributed by atoms with Gasteiger partial charge in [-0.05, 0) is 23.1 Å². The molecule has 0 aliphatic carbocycles. The van der Waals surface area contributed by atoms with E-state index in [0.29, 0.717) is 5.75 Å². The summed E-state index contributed by atoms with van der Waals surface area (Å²) < 4.78 is 20.7. The molecule has 0 spiro atoms. The van der Waals surface area contributed by atoms with E-state index in [-0.39, 0.29) is 0 Å². The molecule has 3 N–H and O–H groups in total. The standard InChI is InChI=1S/C6H7N2O3S/c7-12(9,10)8-11-6-4-2-1-3-5-6/h2-5,8H,(H2,7,9,10). The summed E-state index contributed by atoms with van der Waals surface area (Å²) in [6, 6.07) is 8.99. The van der Waals surface area contributed by atoms with Crippen LogP contribution in [0.3, 0.4) is 0 Å². The van der Waals surface area contributed by atoms with Gasteiger partial charge in [0.2, 0.25) is 0 Å². The lowest BCUT2D eigenvalue weighted by atomic mass is 10.3. The molecular formula is C6H7N2O3S. The average molecular weight is 187 g/mol. The molecule has 5 nitrogen and oxygen atoms in total. The molecule has 0 amide bonds. The molecule has 0 saturated heterocycles.